The molecule has 3 rings (SSSR count). The molecule has 0 bridgehead atoms. The molecule has 6 nitrogen and oxygen atoms in total. The van der Waals surface area contributed by atoms with E-state index in [9.17, 15) is 18.0 Å². The van der Waals surface area contributed by atoms with E-state index in [1.165, 1.54) is 23.4 Å². The number of carbonyl (C=O) groups is 1. The van der Waals surface area contributed by atoms with Gasteiger partial charge in [-0.15, -0.1) is 0 Å². The minimum Gasteiger partial charge on any atom is -0.448 e. The third kappa shape index (κ3) is 3.55. The molecule has 0 N–H and O–H groups in total. The number of nitrogens with zero attached hydrogens (tertiary/aromatic N) is 3. The van der Waals surface area contributed by atoms with Crippen LogP contribution in [0.2, 0.25) is 0 Å². The number of hydrogen-bond acceptors (Lipinski definition) is 5. The van der Waals surface area contributed by atoms with Crippen LogP contribution in [0, 0.1) is 5.82 Å². The Hall–Kier alpha value is -2.84. The fraction of sp³-hybridized carbons (Fsp3) is 0.267. The molecule has 1 aliphatic heterocycles. The first-order chi connectivity index (χ1) is 11.5. The third-order valence-corrected chi connectivity index (χ3v) is 3.33. The van der Waals surface area contributed by atoms with Crippen molar-refractivity contribution in [2.45, 2.75) is 13.2 Å². The van der Waals surface area contributed by atoms with E-state index in [1.54, 1.807) is 0 Å². The second-order valence-electron chi connectivity index (χ2n) is 4.96. The van der Waals surface area contributed by atoms with Crippen molar-refractivity contribution in [3.63, 3.8) is 0 Å². The molecular weight excluding hydrogens is 327 g/mol. The number of aromatic nitrogens is 2. The monoisotopic (exact) mass is 339 g/mol. The highest BCUT2D eigenvalue weighted by Gasteiger charge is 2.22. The SMILES string of the molecule is O=C1OCCN1Cc1cncc(-c2ccc(F)c(OC(F)F)c2)n1. The molecule has 2 heterocycles. The fourth-order valence-corrected chi connectivity index (χ4v) is 2.24. The molecule has 126 valence electrons. The van der Waals surface area contributed by atoms with Gasteiger partial charge in [-0.3, -0.25) is 9.88 Å². The average molecular weight is 339 g/mol. The van der Waals surface area contributed by atoms with Gasteiger partial charge in [0.05, 0.1) is 36.9 Å². The number of hydrogen-bond donors (Lipinski definition) is 0. The Balaban J connectivity index is 1.84. The summed E-state index contributed by atoms with van der Waals surface area (Å²) in [5.41, 5.74) is 1.21. The van der Waals surface area contributed by atoms with Crippen LogP contribution in [-0.2, 0) is 11.3 Å². The lowest BCUT2D eigenvalue weighted by Gasteiger charge is -2.12. The van der Waals surface area contributed by atoms with Crippen LogP contribution in [0.15, 0.2) is 30.6 Å². The number of rotatable bonds is 5. The normalized spacial score (nSPS) is 14.2. The van der Waals surface area contributed by atoms with Crippen molar-refractivity contribution in [3.05, 3.63) is 42.1 Å². The minimum atomic E-state index is -3.13. The van der Waals surface area contributed by atoms with Gasteiger partial charge in [0.1, 0.15) is 6.61 Å². The van der Waals surface area contributed by atoms with Gasteiger partial charge >= 0.3 is 12.7 Å². The number of carbonyl (C=O) groups excluding carboxylic acids is 1. The standard InChI is InChI=1S/C15H12F3N3O3/c16-11-2-1-9(5-13(11)24-14(17)18)12-7-19-6-10(20-12)8-21-3-4-23-15(21)22/h1-2,5-7,14H,3-4,8H2. The molecule has 24 heavy (non-hydrogen) atoms. The van der Waals surface area contributed by atoms with E-state index in [-0.39, 0.29) is 6.54 Å². The van der Waals surface area contributed by atoms with E-state index >= 15 is 0 Å². The molecule has 0 aliphatic carbocycles. The summed E-state index contributed by atoms with van der Waals surface area (Å²) in [7, 11) is 0. The van der Waals surface area contributed by atoms with Crippen molar-refractivity contribution in [2.24, 2.45) is 0 Å². The first-order valence-corrected chi connectivity index (χ1v) is 7.00. The summed E-state index contributed by atoms with van der Waals surface area (Å²) in [4.78, 5) is 21.2. The molecule has 1 aromatic heterocycles. The number of ether oxygens (including phenoxy) is 2. The van der Waals surface area contributed by atoms with Gasteiger partial charge in [0, 0.05) is 5.56 Å². The summed E-state index contributed by atoms with van der Waals surface area (Å²) in [6, 6.07) is 3.52. The average Bonchev–Trinajstić information content (AvgIpc) is 2.94. The summed E-state index contributed by atoms with van der Waals surface area (Å²) in [6.45, 7) is -2.15. The molecule has 1 saturated heterocycles. The number of benzene rings is 1. The van der Waals surface area contributed by atoms with Crippen LogP contribution in [0.1, 0.15) is 5.69 Å². The van der Waals surface area contributed by atoms with Gasteiger partial charge in [-0.2, -0.15) is 8.78 Å². The zero-order chi connectivity index (χ0) is 17.1. The van der Waals surface area contributed by atoms with Crippen LogP contribution in [0.3, 0.4) is 0 Å². The van der Waals surface area contributed by atoms with Crippen LogP contribution < -0.4 is 4.74 Å². The van der Waals surface area contributed by atoms with E-state index in [4.69, 9.17) is 4.74 Å². The highest BCUT2D eigenvalue weighted by Crippen LogP contribution is 2.26. The lowest BCUT2D eigenvalue weighted by atomic mass is 10.1. The predicted molar refractivity (Wildman–Crippen MR) is 75.8 cm³/mol. The van der Waals surface area contributed by atoms with E-state index in [1.807, 2.05) is 0 Å². The van der Waals surface area contributed by atoms with Crippen molar-refractivity contribution in [1.82, 2.24) is 14.9 Å². The Morgan fingerprint density at radius 3 is 2.88 bits per heavy atom. The van der Waals surface area contributed by atoms with Crippen LogP contribution >= 0.6 is 0 Å². The van der Waals surface area contributed by atoms with E-state index in [0.717, 1.165) is 12.1 Å². The van der Waals surface area contributed by atoms with Crippen molar-refractivity contribution in [1.29, 1.82) is 0 Å². The zero-order valence-electron chi connectivity index (χ0n) is 12.3. The maximum absolute atomic E-state index is 13.5. The van der Waals surface area contributed by atoms with Gasteiger partial charge in [0.15, 0.2) is 11.6 Å². The number of alkyl halides is 2. The van der Waals surface area contributed by atoms with Gasteiger partial charge in [0.25, 0.3) is 0 Å². The van der Waals surface area contributed by atoms with E-state index in [2.05, 4.69) is 14.7 Å². The third-order valence-electron chi connectivity index (χ3n) is 3.33. The van der Waals surface area contributed by atoms with Crippen LogP contribution in [-0.4, -0.2) is 40.7 Å². The summed E-state index contributed by atoms with van der Waals surface area (Å²) in [5, 5.41) is 0. The molecule has 0 unspecified atom stereocenters. The van der Waals surface area contributed by atoms with Crippen molar-refractivity contribution < 1.29 is 27.4 Å². The maximum atomic E-state index is 13.5. The number of halogens is 3. The predicted octanol–water partition coefficient (Wildman–Crippen LogP) is 2.84. The Morgan fingerprint density at radius 1 is 1.33 bits per heavy atom. The summed E-state index contributed by atoms with van der Waals surface area (Å²) in [5.74, 6) is -1.47. The topological polar surface area (TPSA) is 64.5 Å². The van der Waals surface area contributed by atoms with Gasteiger partial charge in [-0.25, -0.2) is 14.2 Å². The second kappa shape index (κ2) is 6.73. The second-order valence-corrected chi connectivity index (χ2v) is 4.96. The Labute approximate surface area is 134 Å². The quantitative estimate of drug-likeness (QED) is 0.838. The van der Waals surface area contributed by atoms with Crippen LogP contribution in [0.4, 0.5) is 18.0 Å². The molecule has 0 atom stereocenters. The van der Waals surface area contributed by atoms with Crippen LogP contribution in [0.25, 0.3) is 11.3 Å². The molecule has 1 fully saturated rings. The van der Waals surface area contributed by atoms with Crippen LogP contribution in [0.5, 0.6) is 5.75 Å². The molecule has 1 aromatic carbocycles. The van der Waals surface area contributed by atoms with E-state index in [0.29, 0.717) is 30.1 Å². The zero-order valence-corrected chi connectivity index (χ0v) is 12.3. The lowest BCUT2D eigenvalue weighted by molar-refractivity contribution is -0.0521. The molecular formula is C15H12F3N3O3. The molecule has 0 radical (unpaired) electrons. The Kier molecular flexibility index (Phi) is 4.50. The smallest absolute Gasteiger partial charge is 0.410 e. The first-order valence-electron chi connectivity index (χ1n) is 7.00. The molecule has 1 aliphatic rings. The maximum Gasteiger partial charge on any atom is 0.410 e. The van der Waals surface area contributed by atoms with Gasteiger partial charge in [0.2, 0.25) is 0 Å². The van der Waals surface area contributed by atoms with E-state index < -0.39 is 24.3 Å². The summed E-state index contributed by atoms with van der Waals surface area (Å²) >= 11 is 0. The summed E-state index contributed by atoms with van der Waals surface area (Å²) < 4.78 is 47.0. The number of cyclic esters (lactones) is 1. The number of amides is 1. The van der Waals surface area contributed by atoms with Gasteiger partial charge in [-0.1, -0.05) is 0 Å². The largest absolute Gasteiger partial charge is 0.448 e. The lowest BCUT2D eigenvalue weighted by Crippen LogP contribution is -2.24. The highest BCUT2D eigenvalue weighted by atomic mass is 19.3. The van der Waals surface area contributed by atoms with Gasteiger partial charge in [-0.05, 0) is 18.2 Å². The molecule has 1 amide bonds. The van der Waals surface area contributed by atoms with Crippen molar-refractivity contribution >= 4 is 6.09 Å². The molecule has 0 spiro atoms. The van der Waals surface area contributed by atoms with Gasteiger partial charge < -0.3 is 9.47 Å². The molecule has 0 saturated carbocycles. The summed E-state index contributed by atoms with van der Waals surface area (Å²) in [6.07, 6.45) is 2.46. The Morgan fingerprint density at radius 2 is 2.17 bits per heavy atom. The molecule has 2 aromatic rings. The molecule has 9 heteroatoms. The minimum absolute atomic E-state index is 0.210. The Bertz CT molecular complexity index is 758. The highest BCUT2D eigenvalue weighted by molar-refractivity contribution is 5.69. The van der Waals surface area contributed by atoms with Crippen molar-refractivity contribution in [3.8, 4) is 17.0 Å². The fourth-order valence-electron chi connectivity index (χ4n) is 2.24. The first kappa shape index (κ1) is 16.0. The van der Waals surface area contributed by atoms with Crippen molar-refractivity contribution in [2.75, 3.05) is 13.2 Å².